The number of benzene rings is 11. The molecule has 0 bridgehead atoms. The molecule has 582 valence electrons. The molecule has 9 nitrogen and oxygen atoms in total. The second-order valence-electron chi connectivity index (χ2n) is 33.9. The molecule has 0 aliphatic rings. The molecule has 0 atom stereocenters. The molecule has 0 unspecified atom stereocenters. The van der Waals surface area contributed by atoms with Crippen molar-refractivity contribution in [2.45, 2.75) is 139 Å². The van der Waals surface area contributed by atoms with Crippen LogP contribution in [0, 0.1) is 20.8 Å². The lowest BCUT2D eigenvalue weighted by molar-refractivity contribution is -0.659. The van der Waals surface area contributed by atoms with E-state index in [2.05, 4.69) is 467 Å². The number of rotatable bonds is 15. The van der Waals surface area contributed by atoms with Crippen LogP contribution < -0.4 is 27.4 Å². The molecule has 11 aromatic carbocycles. The number of imidazole rings is 3. The summed E-state index contributed by atoms with van der Waals surface area (Å²) >= 11 is 0. The lowest BCUT2D eigenvalue weighted by Crippen LogP contribution is -2.32. The number of aromatic nitrogens is 9. The first kappa shape index (κ1) is 79.0. The summed E-state index contributed by atoms with van der Waals surface area (Å²) in [6.45, 7) is 34.4. The molecule has 9 heteroatoms. The van der Waals surface area contributed by atoms with E-state index in [1.54, 1.807) is 0 Å². The molecule has 0 spiro atoms. The topological polar surface area (TPSA) is 38.1 Å². The fourth-order valence-corrected chi connectivity index (χ4v) is 18.2. The fraction of sp³-hybridized carbons (Fsp3) is 0.252. The van der Waals surface area contributed by atoms with E-state index in [-0.39, 0.29) is 0 Å². The monoisotopic (exact) mass is 1530 g/mol. The Kier molecular flexibility index (Phi) is 22.2. The van der Waals surface area contributed by atoms with Gasteiger partial charge in [0.1, 0.15) is 50.6 Å². The first-order chi connectivity index (χ1) is 55.8. The van der Waals surface area contributed by atoms with Crippen LogP contribution in [0.15, 0.2) is 280 Å². The Morgan fingerprint density at radius 2 is 0.560 bits per heavy atom. The number of hydrogen-bond donors (Lipinski definition) is 0. The van der Waals surface area contributed by atoms with Gasteiger partial charge in [0.05, 0.1) is 37.8 Å². The minimum absolute atomic E-state index is 0.400. The first-order valence-electron chi connectivity index (χ1n) is 41.8. The zero-order chi connectivity index (χ0) is 81.8. The van der Waals surface area contributed by atoms with E-state index in [0.29, 0.717) is 35.5 Å². The quantitative estimate of drug-likeness (QED) is 0.0918. The Balaban J connectivity index is 0.000000137. The van der Waals surface area contributed by atoms with E-state index in [1.807, 2.05) is 0 Å². The molecule has 17 rings (SSSR count). The van der Waals surface area contributed by atoms with Gasteiger partial charge in [-0.05, 0) is 169 Å². The van der Waals surface area contributed by atoms with Crippen molar-refractivity contribution < 1.29 is 27.4 Å². The van der Waals surface area contributed by atoms with Crippen molar-refractivity contribution >= 4 is 54.5 Å². The van der Waals surface area contributed by atoms with Gasteiger partial charge in [0.25, 0.3) is 17.5 Å². The Morgan fingerprint density at radius 3 is 0.948 bits per heavy atom. The van der Waals surface area contributed by atoms with Gasteiger partial charge < -0.3 is 0 Å². The van der Waals surface area contributed by atoms with Gasteiger partial charge in [-0.25, -0.2) is 22.8 Å². The number of fused-ring (bicyclic) bond motifs is 5. The maximum absolute atomic E-state index is 2.53. The number of hydrogen-bond acceptors (Lipinski definition) is 0. The van der Waals surface area contributed by atoms with Crippen LogP contribution in [-0.4, -0.2) is 13.7 Å². The molecule has 0 radical (unpaired) electrons. The molecule has 17 aromatic rings. The van der Waals surface area contributed by atoms with E-state index in [0.717, 1.165) is 0 Å². The summed E-state index contributed by atoms with van der Waals surface area (Å²) in [4.78, 5) is 0. The van der Waals surface area contributed by atoms with Crippen LogP contribution in [0.5, 0.6) is 0 Å². The summed E-state index contributed by atoms with van der Waals surface area (Å²) in [5.41, 5.74) is 33.4. The highest BCUT2D eigenvalue weighted by Gasteiger charge is 2.36. The standard InChI is InChI=1S/2C37H39N3.C33H37N3/c1-24(2)28-15-12-16-29(25(3)4)36(28)40-35-21-11-10-20-34(35)39(7)37(40)31-18-13-17-30(26(31)5)33-23-22-27-14-8-9-19-32(27)38(33)6;1-24(2)29-16-12-17-30(25(3)4)36(29)40-34-21-11-10-20-33(34)39(7)37(40)32-19-13-18-31(26(32)5)35-22-27-14-8-9-15-28(27)23-38(35)6;1-22(2)27-14-10-15-28(23(3)4)32(27)36-19-18-34(6)33(36)30-17-11-16-29(24(30)5)31-20-25-12-8-9-13-26(25)21-35(31)7/h2*8-25H,1-7H3;8-23H,1-7H3/q3*+2. The third kappa shape index (κ3) is 14.3. The third-order valence-electron chi connectivity index (χ3n) is 24.4. The van der Waals surface area contributed by atoms with Gasteiger partial charge in [0.15, 0.2) is 34.5 Å². The van der Waals surface area contributed by atoms with Gasteiger partial charge >= 0.3 is 0 Å². The van der Waals surface area contributed by atoms with E-state index in [1.165, 1.54) is 190 Å². The Bertz CT molecular complexity index is 6320. The molecule has 0 fully saturated rings. The average Bonchev–Trinajstić information content (AvgIpc) is 1.57. The molecule has 116 heavy (non-hydrogen) atoms. The zero-order valence-corrected chi connectivity index (χ0v) is 72.0. The Labute approximate surface area is 687 Å². The molecule has 0 aliphatic carbocycles. The molecular formula is C107H115N9+6. The smallest absolute Gasteiger partial charge is 0.232 e. The number of para-hydroxylation sites is 8. The molecule has 6 aromatic heterocycles. The lowest BCUT2D eigenvalue weighted by Gasteiger charge is -2.19. The minimum atomic E-state index is 0.400. The van der Waals surface area contributed by atoms with Crippen LogP contribution in [0.1, 0.15) is 169 Å². The summed E-state index contributed by atoms with van der Waals surface area (Å²) in [6, 6.07) is 93.2. The summed E-state index contributed by atoms with van der Waals surface area (Å²) in [5, 5.41) is 6.27. The average molecular weight is 1530 g/mol. The van der Waals surface area contributed by atoms with Gasteiger partial charge in [0, 0.05) is 90.5 Å². The fourth-order valence-electron chi connectivity index (χ4n) is 18.2. The molecule has 6 heterocycles. The zero-order valence-electron chi connectivity index (χ0n) is 72.0. The maximum Gasteiger partial charge on any atom is 0.295 e. The summed E-state index contributed by atoms with van der Waals surface area (Å²) < 4.78 is 21.3. The highest BCUT2D eigenvalue weighted by molar-refractivity contribution is 5.89. The van der Waals surface area contributed by atoms with E-state index in [9.17, 15) is 0 Å². The summed E-state index contributed by atoms with van der Waals surface area (Å²) in [7, 11) is 13.0. The normalized spacial score (nSPS) is 11.8. The van der Waals surface area contributed by atoms with Crippen LogP contribution in [0.3, 0.4) is 0 Å². The minimum Gasteiger partial charge on any atom is -0.232 e. The van der Waals surface area contributed by atoms with Crippen molar-refractivity contribution in [1.29, 1.82) is 0 Å². The summed E-state index contributed by atoms with van der Waals surface area (Å²) in [6.07, 6.45) is 8.87. The highest BCUT2D eigenvalue weighted by Crippen LogP contribution is 2.43. The molecule has 0 saturated carbocycles. The maximum atomic E-state index is 2.53. The van der Waals surface area contributed by atoms with Crippen molar-refractivity contribution in [3.63, 3.8) is 0 Å². The van der Waals surface area contributed by atoms with Gasteiger partial charge in [-0.2, -0.15) is 18.3 Å². The molecule has 0 saturated heterocycles. The van der Waals surface area contributed by atoms with Gasteiger partial charge in [-0.15, -0.1) is 0 Å². The Morgan fingerprint density at radius 1 is 0.250 bits per heavy atom. The van der Waals surface area contributed by atoms with Crippen molar-refractivity contribution in [2.75, 3.05) is 0 Å². The SMILES string of the molecule is Cc1c(-c2cc3ccccc3c[n+]2C)cccc1-c1n(-c2c(C(C)C)cccc2C(C)C)c2ccccc2[n+]1C.Cc1c(-c2cc3ccccc3c[n+]2C)cccc1-c1n(-c2c(C(C)C)cccc2C(C)C)cc[n+]1C.Cc1c(-c2ccc3ccccc3[n+]2C)cccc1-c1n(-c2c(C(C)C)cccc2C(C)C)c2ccccc2[n+]1C. The van der Waals surface area contributed by atoms with Gasteiger partial charge in [-0.1, -0.05) is 229 Å². The second-order valence-corrected chi connectivity index (χ2v) is 33.9. The van der Waals surface area contributed by atoms with Crippen LogP contribution >= 0.6 is 0 Å². The van der Waals surface area contributed by atoms with E-state index in [4.69, 9.17) is 0 Å². The van der Waals surface area contributed by atoms with Crippen molar-refractivity contribution in [2.24, 2.45) is 42.3 Å². The van der Waals surface area contributed by atoms with Crippen LogP contribution in [0.4, 0.5) is 0 Å². The van der Waals surface area contributed by atoms with Gasteiger partial charge in [0.2, 0.25) is 22.6 Å². The molecular weight excluding hydrogens is 1410 g/mol. The molecule has 0 amide bonds. The van der Waals surface area contributed by atoms with Crippen molar-refractivity contribution in [3.8, 4) is 85.0 Å². The molecule has 0 aliphatic heterocycles. The van der Waals surface area contributed by atoms with Crippen molar-refractivity contribution in [3.05, 3.63) is 330 Å². The number of nitrogens with zero attached hydrogens (tertiary/aromatic N) is 9. The van der Waals surface area contributed by atoms with Crippen molar-refractivity contribution in [1.82, 2.24) is 13.7 Å². The Hall–Kier alpha value is -12.2. The van der Waals surface area contributed by atoms with Gasteiger partial charge in [-0.3, -0.25) is 0 Å². The predicted octanol–water partition coefficient (Wildman–Crippen LogP) is 23.8. The predicted molar refractivity (Wildman–Crippen MR) is 483 cm³/mol. The van der Waals surface area contributed by atoms with Crippen LogP contribution in [-0.2, 0) is 42.3 Å². The van der Waals surface area contributed by atoms with E-state index >= 15 is 0 Å². The van der Waals surface area contributed by atoms with Crippen LogP contribution in [0.2, 0.25) is 0 Å². The second kappa shape index (κ2) is 32.6. The first-order valence-corrected chi connectivity index (χ1v) is 41.8. The largest absolute Gasteiger partial charge is 0.295 e. The van der Waals surface area contributed by atoms with E-state index < -0.39 is 0 Å². The lowest BCUT2D eigenvalue weighted by atomic mass is 9.92. The highest BCUT2D eigenvalue weighted by atomic mass is 15.2. The summed E-state index contributed by atoms with van der Waals surface area (Å²) in [5.74, 6) is 6.08. The number of aryl methyl sites for hydroxylation is 6. The van der Waals surface area contributed by atoms with Crippen LogP contribution in [0.25, 0.3) is 140 Å². The molecule has 0 N–H and O–H groups in total. The third-order valence-corrected chi connectivity index (χ3v) is 24.4. The number of pyridine rings is 3.